The van der Waals surface area contributed by atoms with Gasteiger partial charge in [0, 0.05) is 29.4 Å². The molecule has 4 N–H and O–H groups in total. The van der Waals surface area contributed by atoms with Gasteiger partial charge in [0.25, 0.3) is 12.3 Å². The Labute approximate surface area is 245 Å². The topological polar surface area (TPSA) is 113 Å². The molecule has 42 heavy (non-hydrogen) atoms. The fraction of sp³-hybridized carbons (Fsp3) is 0.393. The van der Waals surface area contributed by atoms with Gasteiger partial charge in [-0.05, 0) is 43.4 Å². The van der Waals surface area contributed by atoms with Gasteiger partial charge in [-0.2, -0.15) is 9.65 Å². The third-order valence-corrected chi connectivity index (χ3v) is 7.90. The average Bonchev–Trinajstić information content (AvgIpc) is 3.63. The molecule has 0 amide bonds. The summed E-state index contributed by atoms with van der Waals surface area (Å²) in [5, 5.41) is 17.1. The van der Waals surface area contributed by atoms with Gasteiger partial charge in [-0.1, -0.05) is 44.0 Å². The van der Waals surface area contributed by atoms with Crippen LogP contribution in [-0.2, 0) is 4.84 Å². The van der Waals surface area contributed by atoms with Crippen molar-refractivity contribution in [1.82, 2.24) is 31.5 Å². The first-order valence-corrected chi connectivity index (χ1v) is 13.8. The molecule has 2 aromatic heterocycles. The van der Waals surface area contributed by atoms with Crippen LogP contribution in [0.2, 0.25) is 5.02 Å². The zero-order valence-electron chi connectivity index (χ0n) is 23.3. The van der Waals surface area contributed by atoms with Crippen molar-refractivity contribution < 1.29 is 18.0 Å². The Morgan fingerprint density at radius 1 is 1.29 bits per heavy atom. The van der Waals surface area contributed by atoms with E-state index in [1.165, 1.54) is 17.3 Å². The number of benzene rings is 1. The summed E-state index contributed by atoms with van der Waals surface area (Å²) in [6, 6.07) is 7.78. The number of rotatable bonds is 6. The van der Waals surface area contributed by atoms with Crippen molar-refractivity contribution >= 4 is 33.9 Å². The second-order valence-electron chi connectivity index (χ2n) is 11.9. The number of nitrogens with one attached hydrogen (secondary N) is 4. The standard InChI is InChI=1S/C28H29ClF3N9O/c1-14-17(5-6-20(30)36-14)24-23-25(41(38-37-23)28(7-8-28)26(31)32)42-39-40(24)16-9-18-21(35-13-27(2,3)4)15(11-33)12-34-22(18)19(29)10-16/h5-6,9-10,12,24,26,37-39H,7-8,13H2,1-4H3,(H,34,35)/t24-/m0/s1. The van der Waals surface area contributed by atoms with Gasteiger partial charge in [-0.25, -0.2) is 18.8 Å². The number of fused-ring (bicyclic) bond motifs is 1. The van der Waals surface area contributed by atoms with Crippen LogP contribution in [0.3, 0.4) is 0 Å². The molecule has 1 saturated carbocycles. The summed E-state index contributed by atoms with van der Waals surface area (Å²) in [5.41, 5.74) is 10.6. The minimum absolute atomic E-state index is 0.0861. The van der Waals surface area contributed by atoms with Gasteiger partial charge in [-0.15, -0.1) is 5.53 Å². The Morgan fingerprint density at radius 2 is 2.05 bits per heavy atom. The number of nitrogens with zero attached hydrogens (tertiary/aromatic N) is 5. The highest BCUT2D eigenvalue weighted by Gasteiger charge is 2.60. The van der Waals surface area contributed by atoms with Crippen LogP contribution in [0.5, 0.6) is 0 Å². The van der Waals surface area contributed by atoms with Gasteiger partial charge < -0.3 is 15.6 Å². The molecule has 0 radical (unpaired) electrons. The molecule has 1 atom stereocenters. The molecule has 1 aromatic carbocycles. The first-order valence-electron chi connectivity index (χ1n) is 13.4. The molecule has 3 aliphatic rings. The number of aromatic nitrogens is 2. The Hall–Kier alpha value is -3.99. The maximum absolute atomic E-state index is 14.1. The predicted molar refractivity (Wildman–Crippen MR) is 151 cm³/mol. The summed E-state index contributed by atoms with van der Waals surface area (Å²) in [7, 11) is 0. The fourth-order valence-corrected chi connectivity index (χ4v) is 5.48. The summed E-state index contributed by atoms with van der Waals surface area (Å²) in [6.07, 6.45) is -0.574. The van der Waals surface area contributed by atoms with Crippen LogP contribution in [0.1, 0.15) is 56.5 Å². The van der Waals surface area contributed by atoms with E-state index in [9.17, 15) is 18.4 Å². The Morgan fingerprint density at radius 3 is 2.69 bits per heavy atom. The molecule has 2 aliphatic heterocycles. The first kappa shape index (κ1) is 28.1. The number of halogens is 4. The van der Waals surface area contributed by atoms with Crippen LogP contribution < -0.4 is 26.9 Å². The molecular weight excluding hydrogens is 571 g/mol. The van der Waals surface area contributed by atoms with Gasteiger partial charge in [0.2, 0.25) is 5.95 Å². The summed E-state index contributed by atoms with van der Waals surface area (Å²) < 4.78 is 42.2. The van der Waals surface area contributed by atoms with E-state index < -0.39 is 24.0 Å². The SMILES string of the molecule is Cc1nc(F)ccc1[C@H]1C2=C(ONN1c1cc(Cl)c3ncc(C#N)c(NCC(C)(C)C)c3c1)N(C1(C(F)F)CC1)NN2. The van der Waals surface area contributed by atoms with Crippen LogP contribution >= 0.6 is 11.6 Å². The second-order valence-corrected chi connectivity index (χ2v) is 12.3. The third-order valence-electron chi connectivity index (χ3n) is 7.61. The lowest BCUT2D eigenvalue weighted by Gasteiger charge is -2.39. The maximum Gasteiger partial charge on any atom is 0.263 e. The maximum atomic E-state index is 14.1. The van der Waals surface area contributed by atoms with Crippen LogP contribution in [0, 0.1) is 29.6 Å². The first-order chi connectivity index (χ1) is 19.9. The van der Waals surface area contributed by atoms with E-state index in [2.05, 4.69) is 58.7 Å². The number of hydrogen-bond acceptors (Lipinski definition) is 10. The monoisotopic (exact) mass is 599 g/mol. The van der Waals surface area contributed by atoms with Crippen molar-refractivity contribution in [2.75, 3.05) is 16.9 Å². The summed E-state index contributed by atoms with van der Waals surface area (Å²) >= 11 is 6.76. The highest BCUT2D eigenvalue weighted by atomic mass is 35.5. The van der Waals surface area contributed by atoms with Crippen molar-refractivity contribution in [3.63, 3.8) is 0 Å². The lowest BCUT2D eigenvalue weighted by atomic mass is 9.96. The Balaban J connectivity index is 1.50. The average molecular weight is 600 g/mol. The van der Waals surface area contributed by atoms with Crippen LogP contribution in [0.15, 0.2) is 42.0 Å². The molecule has 0 saturated heterocycles. The largest absolute Gasteiger partial charge is 0.383 e. The number of anilines is 2. The molecule has 4 heterocycles. The quantitative estimate of drug-likeness (QED) is 0.277. The number of aryl methyl sites for hydroxylation is 1. The van der Waals surface area contributed by atoms with Gasteiger partial charge >= 0.3 is 0 Å². The number of hydrogen-bond donors (Lipinski definition) is 4. The van der Waals surface area contributed by atoms with Crippen LogP contribution in [0.25, 0.3) is 10.9 Å². The molecule has 0 spiro atoms. The van der Waals surface area contributed by atoms with Gasteiger partial charge in [0.05, 0.1) is 27.5 Å². The van der Waals surface area contributed by atoms with E-state index in [-0.39, 0.29) is 24.1 Å². The molecule has 220 valence electrons. The molecule has 14 heteroatoms. The minimum Gasteiger partial charge on any atom is -0.383 e. The normalized spacial score (nSPS) is 19.5. The molecule has 0 bridgehead atoms. The van der Waals surface area contributed by atoms with Crippen LogP contribution in [-0.4, -0.2) is 33.5 Å². The summed E-state index contributed by atoms with van der Waals surface area (Å²) in [6.45, 7) is 8.46. The fourth-order valence-electron chi connectivity index (χ4n) is 5.22. The smallest absolute Gasteiger partial charge is 0.263 e. The molecule has 1 aliphatic carbocycles. The Bertz CT molecular complexity index is 1650. The lowest BCUT2D eigenvalue weighted by Crippen LogP contribution is -2.51. The lowest BCUT2D eigenvalue weighted by molar-refractivity contribution is -0.0582. The number of nitriles is 1. The molecule has 6 rings (SSSR count). The molecule has 3 aromatic rings. The Kier molecular flexibility index (Phi) is 6.75. The van der Waals surface area contributed by atoms with Gasteiger partial charge in [0.15, 0.2) is 0 Å². The zero-order chi connectivity index (χ0) is 30.0. The summed E-state index contributed by atoms with van der Waals surface area (Å²) in [4.78, 5) is 14.3. The second kappa shape index (κ2) is 10.1. The van der Waals surface area contributed by atoms with Crippen molar-refractivity contribution in [2.24, 2.45) is 5.41 Å². The van der Waals surface area contributed by atoms with E-state index in [4.69, 9.17) is 16.4 Å². The number of pyridine rings is 2. The van der Waals surface area contributed by atoms with E-state index in [0.717, 1.165) is 0 Å². The summed E-state index contributed by atoms with van der Waals surface area (Å²) in [5.74, 6) is -0.505. The van der Waals surface area contributed by atoms with Crippen molar-refractivity contribution in [3.8, 4) is 6.07 Å². The number of hydrazine groups is 3. The highest BCUT2D eigenvalue weighted by molar-refractivity contribution is 6.35. The van der Waals surface area contributed by atoms with E-state index in [0.29, 0.717) is 56.4 Å². The zero-order valence-corrected chi connectivity index (χ0v) is 24.1. The third kappa shape index (κ3) is 4.69. The molecular formula is C28H29ClF3N9O. The van der Waals surface area contributed by atoms with E-state index in [1.54, 1.807) is 24.1 Å². The van der Waals surface area contributed by atoms with Gasteiger partial charge in [-0.3, -0.25) is 9.99 Å². The highest BCUT2D eigenvalue weighted by Crippen LogP contribution is 2.50. The van der Waals surface area contributed by atoms with Gasteiger partial charge in [0.1, 0.15) is 23.3 Å². The van der Waals surface area contributed by atoms with Crippen molar-refractivity contribution in [1.29, 1.82) is 5.26 Å². The minimum atomic E-state index is -2.62. The van der Waals surface area contributed by atoms with Crippen molar-refractivity contribution in [2.45, 2.75) is 58.5 Å². The molecule has 1 fully saturated rings. The van der Waals surface area contributed by atoms with E-state index >= 15 is 0 Å². The molecule has 0 unspecified atom stereocenters. The van der Waals surface area contributed by atoms with E-state index in [1.807, 2.05) is 6.07 Å². The van der Waals surface area contributed by atoms with Crippen molar-refractivity contribution in [3.05, 3.63) is 69.8 Å². The predicted octanol–water partition coefficient (Wildman–Crippen LogP) is 5.35. The van der Waals surface area contributed by atoms with Crippen LogP contribution in [0.4, 0.5) is 24.5 Å². The number of alkyl halides is 2. The molecule has 10 nitrogen and oxygen atoms in total.